The number of hydrogen-bond donors (Lipinski definition) is 1. The number of aromatic nitrogens is 3. The number of aryl methyl sites for hydroxylation is 1. The van der Waals surface area contributed by atoms with E-state index in [0.717, 1.165) is 5.56 Å². The zero-order valence-electron chi connectivity index (χ0n) is 12.7. The first-order chi connectivity index (χ1) is 10.9. The maximum Gasteiger partial charge on any atom is 0.334 e. The zero-order chi connectivity index (χ0) is 16.6. The first-order valence-electron chi connectivity index (χ1n) is 7.06. The van der Waals surface area contributed by atoms with Crippen molar-refractivity contribution in [1.82, 2.24) is 19.7 Å². The van der Waals surface area contributed by atoms with Gasteiger partial charge in [0.05, 0.1) is 18.8 Å². The van der Waals surface area contributed by atoms with Crippen LogP contribution in [0.1, 0.15) is 17.4 Å². The molecule has 1 unspecified atom stereocenters. The standard InChI is InChI=1S/C14H16N4O4S/c1-8-4-18(6-11(22-8)14(20)21)13(19)10-7-23-12(16-10)9-3-15-17(2)5-9/h3,5,7-8,11H,4,6H2,1-2H3,(H,20,21)/t8-,11?/m1/s1. The minimum atomic E-state index is -1.07. The number of ether oxygens (including phenoxy) is 1. The molecule has 0 radical (unpaired) electrons. The lowest BCUT2D eigenvalue weighted by Gasteiger charge is -2.34. The average Bonchev–Trinajstić information content (AvgIpc) is 3.14. The van der Waals surface area contributed by atoms with Gasteiger partial charge in [0.15, 0.2) is 6.10 Å². The van der Waals surface area contributed by atoms with Crippen LogP contribution in [0.15, 0.2) is 17.8 Å². The Labute approximate surface area is 136 Å². The van der Waals surface area contributed by atoms with Gasteiger partial charge in [-0.3, -0.25) is 9.48 Å². The lowest BCUT2D eigenvalue weighted by atomic mass is 10.2. The summed E-state index contributed by atoms with van der Waals surface area (Å²) in [4.78, 5) is 29.5. The number of amides is 1. The molecule has 2 aromatic heterocycles. The Morgan fingerprint density at radius 3 is 2.87 bits per heavy atom. The summed E-state index contributed by atoms with van der Waals surface area (Å²) >= 11 is 1.36. The second kappa shape index (κ2) is 6.09. The van der Waals surface area contributed by atoms with Crippen LogP contribution in [0, 0.1) is 0 Å². The number of carboxylic acids is 1. The van der Waals surface area contributed by atoms with Crippen molar-refractivity contribution < 1.29 is 19.4 Å². The van der Waals surface area contributed by atoms with Crippen LogP contribution in [-0.2, 0) is 16.6 Å². The van der Waals surface area contributed by atoms with E-state index in [2.05, 4.69) is 10.1 Å². The molecule has 1 N–H and O–H groups in total. The number of hydrogen-bond acceptors (Lipinski definition) is 6. The molecule has 3 rings (SSSR count). The summed E-state index contributed by atoms with van der Waals surface area (Å²) in [6.07, 6.45) is 2.18. The number of aliphatic carboxylic acids is 1. The highest BCUT2D eigenvalue weighted by Crippen LogP contribution is 2.24. The van der Waals surface area contributed by atoms with E-state index in [9.17, 15) is 9.59 Å². The Balaban J connectivity index is 1.77. The van der Waals surface area contributed by atoms with E-state index in [4.69, 9.17) is 9.84 Å². The summed E-state index contributed by atoms with van der Waals surface area (Å²) < 4.78 is 6.99. The minimum Gasteiger partial charge on any atom is -0.479 e. The molecule has 8 nitrogen and oxygen atoms in total. The van der Waals surface area contributed by atoms with Gasteiger partial charge in [0.1, 0.15) is 10.7 Å². The largest absolute Gasteiger partial charge is 0.479 e. The monoisotopic (exact) mass is 336 g/mol. The van der Waals surface area contributed by atoms with Crippen LogP contribution in [0.25, 0.3) is 10.6 Å². The number of carbonyl (C=O) groups excluding carboxylic acids is 1. The maximum absolute atomic E-state index is 12.6. The Morgan fingerprint density at radius 1 is 1.43 bits per heavy atom. The highest BCUT2D eigenvalue weighted by molar-refractivity contribution is 7.13. The molecule has 9 heteroatoms. The molecule has 2 atom stereocenters. The van der Waals surface area contributed by atoms with Gasteiger partial charge in [-0.15, -0.1) is 11.3 Å². The number of morpholine rings is 1. The van der Waals surface area contributed by atoms with Gasteiger partial charge in [-0.05, 0) is 6.92 Å². The number of carboxylic acid groups (broad SMARTS) is 1. The van der Waals surface area contributed by atoms with Crippen LogP contribution in [0.5, 0.6) is 0 Å². The van der Waals surface area contributed by atoms with E-state index in [-0.39, 0.29) is 18.6 Å². The smallest absolute Gasteiger partial charge is 0.334 e. The SMILES string of the molecule is C[C@@H]1CN(C(=O)c2csc(-c3cnn(C)c3)n2)CC(C(=O)O)O1. The van der Waals surface area contributed by atoms with Gasteiger partial charge in [-0.2, -0.15) is 5.10 Å². The molecule has 2 aromatic rings. The minimum absolute atomic E-state index is 0.0261. The summed E-state index contributed by atoms with van der Waals surface area (Å²) in [7, 11) is 1.81. The van der Waals surface area contributed by atoms with Crippen molar-refractivity contribution in [2.75, 3.05) is 13.1 Å². The Morgan fingerprint density at radius 2 is 2.22 bits per heavy atom. The molecular formula is C14H16N4O4S. The van der Waals surface area contributed by atoms with E-state index in [1.807, 2.05) is 13.2 Å². The van der Waals surface area contributed by atoms with Gasteiger partial charge < -0.3 is 14.7 Å². The van der Waals surface area contributed by atoms with Crippen molar-refractivity contribution in [3.63, 3.8) is 0 Å². The van der Waals surface area contributed by atoms with Crippen molar-refractivity contribution in [3.05, 3.63) is 23.5 Å². The lowest BCUT2D eigenvalue weighted by Crippen LogP contribution is -2.51. The fourth-order valence-electron chi connectivity index (χ4n) is 2.45. The fraction of sp³-hybridized carbons (Fsp3) is 0.429. The van der Waals surface area contributed by atoms with Gasteiger partial charge in [-0.25, -0.2) is 9.78 Å². The second-order valence-corrected chi connectivity index (χ2v) is 6.28. The van der Waals surface area contributed by atoms with E-state index in [1.54, 1.807) is 23.2 Å². The topological polar surface area (TPSA) is 97.6 Å². The van der Waals surface area contributed by atoms with Crippen LogP contribution >= 0.6 is 11.3 Å². The van der Waals surface area contributed by atoms with Crippen molar-refractivity contribution in [2.45, 2.75) is 19.1 Å². The number of nitrogens with zero attached hydrogens (tertiary/aromatic N) is 4. The first kappa shape index (κ1) is 15.6. The molecule has 1 aliphatic heterocycles. The van der Waals surface area contributed by atoms with Gasteiger partial charge in [0.25, 0.3) is 5.91 Å². The van der Waals surface area contributed by atoms with E-state index < -0.39 is 12.1 Å². The summed E-state index contributed by atoms with van der Waals surface area (Å²) in [5.74, 6) is -1.35. The van der Waals surface area contributed by atoms with Crippen molar-refractivity contribution in [3.8, 4) is 10.6 Å². The molecule has 3 heterocycles. The first-order valence-corrected chi connectivity index (χ1v) is 7.94. The maximum atomic E-state index is 12.6. The summed E-state index contributed by atoms with van der Waals surface area (Å²) in [6, 6.07) is 0. The Hall–Kier alpha value is -2.26. The average molecular weight is 336 g/mol. The van der Waals surface area contributed by atoms with E-state index in [1.165, 1.54) is 16.2 Å². The Bertz CT molecular complexity index is 741. The molecule has 0 spiro atoms. The molecule has 1 aliphatic rings. The number of rotatable bonds is 3. The van der Waals surface area contributed by atoms with E-state index >= 15 is 0 Å². The third kappa shape index (κ3) is 3.25. The van der Waals surface area contributed by atoms with Crippen molar-refractivity contribution in [1.29, 1.82) is 0 Å². The molecule has 0 aromatic carbocycles. The number of thiazole rings is 1. The third-order valence-electron chi connectivity index (χ3n) is 3.50. The van der Waals surface area contributed by atoms with Crippen LogP contribution in [0.4, 0.5) is 0 Å². The zero-order valence-corrected chi connectivity index (χ0v) is 13.5. The highest BCUT2D eigenvalue weighted by atomic mass is 32.1. The number of carbonyl (C=O) groups is 2. The summed E-state index contributed by atoms with van der Waals surface area (Å²) in [5, 5.41) is 15.6. The quantitative estimate of drug-likeness (QED) is 0.893. The van der Waals surface area contributed by atoms with Crippen molar-refractivity contribution >= 4 is 23.2 Å². The molecule has 122 valence electrons. The van der Waals surface area contributed by atoms with E-state index in [0.29, 0.717) is 17.2 Å². The predicted molar refractivity (Wildman–Crippen MR) is 82.2 cm³/mol. The van der Waals surface area contributed by atoms with Crippen LogP contribution in [0.3, 0.4) is 0 Å². The second-order valence-electron chi connectivity index (χ2n) is 5.42. The van der Waals surface area contributed by atoms with Crippen LogP contribution < -0.4 is 0 Å². The molecule has 1 fully saturated rings. The van der Waals surface area contributed by atoms with Gasteiger partial charge in [0, 0.05) is 30.7 Å². The van der Waals surface area contributed by atoms with Gasteiger partial charge in [0.2, 0.25) is 0 Å². The summed E-state index contributed by atoms with van der Waals surface area (Å²) in [5.41, 5.74) is 1.15. The molecular weight excluding hydrogens is 320 g/mol. The molecule has 0 bridgehead atoms. The summed E-state index contributed by atoms with van der Waals surface area (Å²) in [6.45, 7) is 2.12. The normalized spacial score (nSPS) is 21.4. The third-order valence-corrected chi connectivity index (χ3v) is 4.39. The lowest BCUT2D eigenvalue weighted by molar-refractivity contribution is -0.160. The van der Waals surface area contributed by atoms with Gasteiger partial charge >= 0.3 is 5.97 Å². The van der Waals surface area contributed by atoms with Gasteiger partial charge in [-0.1, -0.05) is 0 Å². The van der Waals surface area contributed by atoms with Crippen LogP contribution in [0.2, 0.25) is 0 Å². The molecule has 23 heavy (non-hydrogen) atoms. The molecule has 0 aliphatic carbocycles. The Kier molecular flexibility index (Phi) is 4.14. The molecule has 1 saturated heterocycles. The van der Waals surface area contributed by atoms with Crippen molar-refractivity contribution in [2.24, 2.45) is 7.05 Å². The molecule has 1 amide bonds. The fourth-order valence-corrected chi connectivity index (χ4v) is 3.22. The predicted octanol–water partition coefficient (Wildman–Crippen LogP) is 0.858. The molecule has 0 saturated carbocycles. The van der Waals surface area contributed by atoms with Crippen LogP contribution in [-0.4, -0.2) is 61.9 Å². The highest BCUT2D eigenvalue weighted by Gasteiger charge is 2.33.